The van der Waals surface area contributed by atoms with Crippen molar-refractivity contribution in [3.63, 3.8) is 0 Å². The fraction of sp³-hybridized carbons (Fsp3) is 0.174. The van der Waals surface area contributed by atoms with Crippen molar-refractivity contribution < 1.29 is 9.18 Å². The topological polar surface area (TPSA) is 112 Å². The van der Waals surface area contributed by atoms with E-state index in [9.17, 15) is 9.18 Å². The van der Waals surface area contributed by atoms with E-state index in [1.165, 1.54) is 12.1 Å². The number of nitrogens with zero attached hydrogens (tertiary/aromatic N) is 6. The van der Waals surface area contributed by atoms with E-state index >= 15 is 0 Å². The van der Waals surface area contributed by atoms with Gasteiger partial charge in [0.15, 0.2) is 0 Å². The molecule has 164 valence electrons. The number of hydrogen-bond acceptors (Lipinski definition) is 5. The lowest BCUT2D eigenvalue weighted by Crippen LogP contribution is -2.36. The Balaban J connectivity index is 1.38. The predicted molar refractivity (Wildman–Crippen MR) is 119 cm³/mol. The summed E-state index contributed by atoms with van der Waals surface area (Å²) in [4.78, 5) is 16.8. The molecule has 0 bridgehead atoms. The van der Waals surface area contributed by atoms with Crippen LogP contribution in [0.4, 0.5) is 4.39 Å². The molecule has 0 saturated heterocycles. The molecular weight excluding hydrogens is 445 g/mol. The Morgan fingerprint density at radius 1 is 1.24 bits per heavy atom. The van der Waals surface area contributed by atoms with Gasteiger partial charge in [-0.1, -0.05) is 11.6 Å². The molecule has 33 heavy (non-hydrogen) atoms. The molecule has 1 amide bonds. The highest BCUT2D eigenvalue weighted by Gasteiger charge is 2.14. The summed E-state index contributed by atoms with van der Waals surface area (Å²) in [5, 5.41) is 25.3. The Hall–Kier alpha value is -4.21. The number of hydrogen-bond donors (Lipinski definition) is 1. The van der Waals surface area contributed by atoms with Gasteiger partial charge in [0.25, 0.3) is 0 Å². The van der Waals surface area contributed by atoms with Gasteiger partial charge in [0.05, 0.1) is 34.9 Å². The fourth-order valence-electron chi connectivity index (χ4n) is 3.46. The molecule has 0 aliphatic rings. The zero-order valence-electron chi connectivity index (χ0n) is 17.5. The van der Waals surface area contributed by atoms with E-state index in [1.807, 2.05) is 6.92 Å². The molecule has 0 fully saturated rings. The number of carbonyl (C=O) groups is 1. The van der Waals surface area contributed by atoms with E-state index in [0.29, 0.717) is 34.7 Å². The molecule has 10 heteroatoms. The lowest BCUT2D eigenvalue weighted by atomic mass is 10.1. The van der Waals surface area contributed by atoms with Crippen molar-refractivity contribution in [2.24, 2.45) is 0 Å². The predicted octanol–water partition coefficient (Wildman–Crippen LogP) is 3.48. The van der Waals surface area contributed by atoms with E-state index < -0.39 is 5.82 Å². The van der Waals surface area contributed by atoms with Crippen LogP contribution in [0, 0.1) is 28.5 Å². The molecule has 3 aromatic heterocycles. The number of imidazole rings is 1. The number of benzene rings is 1. The molecule has 4 rings (SSSR count). The van der Waals surface area contributed by atoms with Crippen LogP contribution in [0.5, 0.6) is 0 Å². The third-order valence-corrected chi connectivity index (χ3v) is 5.23. The first-order valence-electron chi connectivity index (χ1n) is 9.96. The lowest BCUT2D eigenvalue weighted by molar-refractivity contribution is -0.121. The van der Waals surface area contributed by atoms with Gasteiger partial charge in [-0.05, 0) is 37.3 Å². The number of halogens is 2. The van der Waals surface area contributed by atoms with Crippen molar-refractivity contribution in [1.82, 2.24) is 24.5 Å². The van der Waals surface area contributed by atoms with Crippen LogP contribution < -0.4 is 5.32 Å². The quantitative estimate of drug-likeness (QED) is 0.472. The minimum Gasteiger partial charge on any atom is -0.351 e. The van der Waals surface area contributed by atoms with Gasteiger partial charge in [0.2, 0.25) is 5.91 Å². The minimum absolute atomic E-state index is 0.0264. The van der Waals surface area contributed by atoms with Crippen LogP contribution in [0.3, 0.4) is 0 Å². The zero-order valence-corrected chi connectivity index (χ0v) is 18.2. The third-order valence-electron chi connectivity index (χ3n) is 4.93. The summed E-state index contributed by atoms with van der Waals surface area (Å²) in [7, 11) is 0. The first-order valence-corrected chi connectivity index (χ1v) is 10.3. The smallest absolute Gasteiger partial charge is 0.226 e. The average molecular weight is 462 g/mol. The second-order valence-corrected chi connectivity index (χ2v) is 7.93. The van der Waals surface area contributed by atoms with E-state index in [4.69, 9.17) is 22.1 Å². The zero-order chi connectivity index (χ0) is 23.5. The van der Waals surface area contributed by atoms with Crippen molar-refractivity contribution >= 4 is 23.2 Å². The Labute approximate surface area is 193 Å². The van der Waals surface area contributed by atoms with Gasteiger partial charge in [-0.3, -0.25) is 9.48 Å². The number of nitrogens with one attached hydrogen (secondary N) is 1. The number of nitriles is 2. The minimum atomic E-state index is -0.703. The molecule has 0 spiro atoms. The monoisotopic (exact) mass is 461 g/mol. The second-order valence-electron chi connectivity index (χ2n) is 7.52. The molecule has 1 N–H and O–H groups in total. The number of fused-ring (bicyclic) bond motifs is 1. The van der Waals surface area contributed by atoms with Crippen molar-refractivity contribution in [1.29, 1.82) is 10.5 Å². The van der Waals surface area contributed by atoms with E-state index in [2.05, 4.69) is 21.5 Å². The molecule has 0 saturated carbocycles. The number of rotatable bonds is 6. The molecule has 0 aliphatic carbocycles. The van der Waals surface area contributed by atoms with E-state index in [1.54, 1.807) is 51.9 Å². The van der Waals surface area contributed by atoms with Crippen LogP contribution in [0.2, 0.25) is 5.02 Å². The number of pyridine rings is 1. The Morgan fingerprint density at radius 3 is 2.79 bits per heavy atom. The van der Waals surface area contributed by atoms with Gasteiger partial charge >= 0.3 is 0 Å². The van der Waals surface area contributed by atoms with Crippen LogP contribution in [0.1, 0.15) is 23.7 Å². The molecule has 1 aromatic carbocycles. The normalized spacial score (nSPS) is 11.7. The largest absolute Gasteiger partial charge is 0.351 e. The first kappa shape index (κ1) is 22.0. The van der Waals surface area contributed by atoms with Gasteiger partial charge in [-0.15, -0.1) is 0 Å². The number of aromatic nitrogens is 4. The van der Waals surface area contributed by atoms with Gasteiger partial charge in [-0.2, -0.15) is 15.6 Å². The summed E-state index contributed by atoms with van der Waals surface area (Å²) >= 11 is 5.98. The molecule has 8 nitrogen and oxygen atoms in total. The summed E-state index contributed by atoms with van der Waals surface area (Å²) in [6.07, 6.45) is 5.20. The number of amides is 1. The molecule has 4 aromatic rings. The standard InChI is InChI=1S/C23H17ClFN7O/c1-14(28-23(33)8-17-13-31-12-15(9-26)2-3-22(31)29-17)11-32-5-4-21(30-32)16-6-19(24)18(10-27)20(25)7-16/h2-7,12-14H,8,11H2,1H3,(H,28,33)/t14-/m0/s1. The van der Waals surface area contributed by atoms with Crippen LogP contribution >= 0.6 is 11.6 Å². The van der Waals surface area contributed by atoms with Crippen molar-refractivity contribution in [2.75, 3.05) is 0 Å². The van der Waals surface area contributed by atoms with Crippen LogP contribution in [-0.2, 0) is 17.8 Å². The average Bonchev–Trinajstić information content (AvgIpc) is 3.38. The molecule has 0 unspecified atom stereocenters. The maximum Gasteiger partial charge on any atom is 0.226 e. The highest BCUT2D eigenvalue weighted by atomic mass is 35.5. The molecular formula is C23H17ClFN7O. The maximum absolute atomic E-state index is 14.0. The molecule has 1 atom stereocenters. The van der Waals surface area contributed by atoms with Gasteiger partial charge in [-0.25, -0.2) is 9.37 Å². The van der Waals surface area contributed by atoms with Crippen molar-refractivity contribution in [3.05, 3.63) is 76.6 Å². The Kier molecular flexibility index (Phi) is 6.07. The maximum atomic E-state index is 14.0. The SMILES string of the molecule is C[C@@H](Cn1ccc(-c2cc(F)c(C#N)c(Cl)c2)n1)NC(=O)Cc1cn2cc(C#N)ccc2n1. The first-order chi connectivity index (χ1) is 15.9. The molecule has 0 radical (unpaired) electrons. The molecule has 3 heterocycles. The van der Waals surface area contributed by atoms with Gasteiger partial charge < -0.3 is 9.72 Å². The van der Waals surface area contributed by atoms with Gasteiger partial charge in [0.1, 0.15) is 29.2 Å². The highest BCUT2D eigenvalue weighted by Crippen LogP contribution is 2.26. The summed E-state index contributed by atoms with van der Waals surface area (Å²) in [6, 6.07) is 11.4. The van der Waals surface area contributed by atoms with Crippen molar-refractivity contribution in [3.8, 4) is 23.4 Å². The number of carbonyl (C=O) groups excluding carboxylic acids is 1. The van der Waals surface area contributed by atoms with E-state index in [0.717, 1.165) is 0 Å². The summed E-state index contributed by atoms with van der Waals surface area (Å²) < 4.78 is 17.4. The molecule has 0 aliphatic heterocycles. The highest BCUT2D eigenvalue weighted by molar-refractivity contribution is 6.32. The summed E-state index contributed by atoms with van der Waals surface area (Å²) in [6.45, 7) is 2.25. The van der Waals surface area contributed by atoms with Crippen molar-refractivity contribution in [2.45, 2.75) is 25.9 Å². The van der Waals surface area contributed by atoms with Crippen LogP contribution in [0.25, 0.3) is 16.9 Å². The van der Waals surface area contributed by atoms with Crippen LogP contribution in [-0.4, -0.2) is 31.1 Å². The summed E-state index contributed by atoms with van der Waals surface area (Å²) in [5.41, 5.74) is 2.52. The van der Waals surface area contributed by atoms with Crippen LogP contribution in [0.15, 0.2) is 48.9 Å². The van der Waals surface area contributed by atoms with Gasteiger partial charge in [0, 0.05) is 30.2 Å². The third kappa shape index (κ3) is 4.84. The fourth-order valence-corrected chi connectivity index (χ4v) is 3.71. The second kappa shape index (κ2) is 9.11. The Morgan fingerprint density at radius 2 is 2.06 bits per heavy atom. The van der Waals surface area contributed by atoms with E-state index in [-0.39, 0.29) is 29.0 Å². The lowest BCUT2D eigenvalue weighted by Gasteiger charge is -2.13. The Bertz CT molecular complexity index is 1420. The summed E-state index contributed by atoms with van der Waals surface area (Å²) in [5.74, 6) is -0.897.